The predicted octanol–water partition coefficient (Wildman–Crippen LogP) is 3.89. The number of benzene rings is 1. The van der Waals surface area contributed by atoms with Gasteiger partial charge >= 0.3 is 0 Å². The van der Waals surface area contributed by atoms with Crippen LogP contribution in [0.2, 0.25) is 0 Å². The maximum Gasteiger partial charge on any atom is 0.146 e. The Balaban J connectivity index is 2.16. The Hall–Kier alpha value is -1.37. The van der Waals surface area contributed by atoms with Crippen LogP contribution in [0.4, 0.5) is 0 Å². The van der Waals surface area contributed by atoms with Crippen molar-refractivity contribution in [1.29, 1.82) is 0 Å². The highest BCUT2D eigenvalue weighted by Crippen LogP contribution is 2.57. The minimum absolute atomic E-state index is 0.0681. The van der Waals surface area contributed by atoms with Crippen molar-refractivity contribution < 1.29 is 4.79 Å². The molecule has 1 nitrogen and oxygen atoms in total. The van der Waals surface area contributed by atoms with E-state index in [0.29, 0.717) is 11.8 Å². The number of hydrogen-bond acceptors (Lipinski definition) is 1. The van der Waals surface area contributed by atoms with E-state index in [1.54, 1.807) is 0 Å². The van der Waals surface area contributed by atoms with Crippen molar-refractivity contribution in [2.24, 2.45) is 11.8 Å². The number of fused-ring (bicyclic) bond motifs is 1. The van der Waals surface area contributed by atoms with E-state index in [9.17, 15) is 4.79 Å². The third-order valence-corrected chi connectivity index (χ3v) is 5.37. The minimum atomic E-state index is 0.0681. The van der Waals surface area contributed by atoms with Gasteiger partial charge in [-0.1, -0.05) is 49.2 Å². The molecule has 1 saturated carbocycles. The van der Waals surface area contributed by atoms with Crippen LogP contribution in [0.3, 0.4) is 0 Å². The Labute approximate surface area is 109 Å². The molecule has 94 valence electrons. The van der Waals surface area contributed by atoms with E-state index < -0.39 is 0 Å². The van der Waals surface area contributed by atoms with Crippen LogP contribution in [-0.2, 0) is 10.2 Å². The number of carbonyl (C=O) groups excluding carboxylic acids is 1. The molecule has 0 N–H and O–H groups in total. The molecule has 1 aromatic rings. The molecule has 0 heterocycles. The Morgan fingerprint density at radius 3 is 2.61 bits per heavy atom. The van der Waals surface area contributed by atoms with E-state index in [1.807, 2.05) is 0 Å². The number of carbonyl (C=O) groups is 1. The molecule has 2 aliphatic rings. The molecule has 0 aromatic heterocycles. The monoisotopic (exact) mass is 240 g/mol. The second kappa shape index (κ2) is 4.08. The lowest BCUT2D eigenvalue weighted by molar-refractivity contribution is -0.105. The molecule has 0 radical (unpaired) electrons. The lowest BCUT2D eigenvalue weighted by atomic mass is 9.69. The van der Waals surface area contributed by atoms with Gasteiger partial charge in [-0.2, -0.15) is 0 Å². The molecule has 0 amide bonds. The van der Waals surface area contributed by atoms with Crippen LogP contribution in [0.15, 0.2) is 41.5 Å². The van der Waals surface area contributed by atoms with Gasteiger partial charge in [0.2, 0.25) is 0 Å². The number of aldehydes is 1. The van der Waals surface area contributed by atoms with Crippen LogP contribution in [-0.4, -0.2) is 6.29 Å². The summed E-state index contributed by atoms with van der Waals surface area (Å²) in [4.78, 5) is 11.4. The van der Waals surface area contributed by atoms with Crippen molar-refractivity contribution in [1.82, 2.24) is 0 Å². The summed E-state index contributed by atoms with van der Waals surface area (Å²) in [6.07, 6.45) is 4.83. The normalized spacial score (nSPS) is 34.8. The van der Waals surface area contributed by atoms with Gasteiger partial charge in [-0.25, -0.2) is 0 Å². The fourth-order valence-corrected chi connectivity index (χ4v) is 4.27. The Morgan fingerprint density at radius 1 is 1.22 bits per heavy atom. The maximum atomic E-state index is 11.4. The average molecular weight is 240 g/mol. The largest absolute Gasteiger partial charge is 0.298 e. The van der Waals surface area contributed by atoms with Gasteiger partial charge in [-0.3, -0.25) is 4.79 Å². The molecule has 2 aliphatic carbocycles. The summed E-state index contributed by atoms with van der Waals surface area (Å²) >= 11 is 0. The van der Waals surface area contributed by atoms with Gasteiger partial charge in [0.15, 0.2) is 0 Å². The van der Waals surface area contributed by atoms with Gasteiger partial charge in [-0.15, -0.1) is 0 Å². The van der Waals surface area contributed by atoms with Crippen LogP contribution in [0.5, 0.6) is 0 Å². The third kappa shape index (κ3) is 1.36. The second-order valence-corrected chi connectivity index (χ2v) is 5.91. The fraction of sp³-hybridized carbons (Fsp3) is 0.471. The van der Waals surface area contributed by atoms with Crippen molar-refractivity contribution in [3.05, 3.63) is 47.0 Å². The quantitative estimate of drug-likeness (QED) is 0.717. The van der Waals surface area contributed by atoms with Crippen molar-refractivity contribution in [3.63, 3.8) is 0 Å². The molecule has 1 fully saturated rings. The lowest BCUT2D eigenvalue weighted by Crippen LogP contribution is -2.30. The molecule has 0 bridgehead atoms. The van der Waals surface area contributed by atoms with Crippen molar-refractivity contribution >= 4 is 6.29 Å². The smallest absolute Gasteiger partial charge is 0.146 e. The highest BCUT2D eigenvalue weighted by atomic mass is 16.1. The molecule has 0 unspecified atom stereocenters. The van der Waals surface area contributed by atoms with Crippen LogP contribution in [0.1, 0.15) is 38.7 Å². The summed E-state index contributed by atoms with van der Waals surface area (Å²) in [5.74, 6) is 1.13. The zero-order chi connectivity index (χ0) is 12.8. The molecule has 3 atom stereocenters. The van der Waals surface area contributed by atoms with E-state index in [1.165, 1.54) is 30.4 Å². The Bertz CT molecular complexity index is 500. The van der Waals surface area contributed by atoms with E-state index >= 15 is 0 Å². The zero-order valence-electron chi connectivity index (χ0n) is 11.1. The molecule has 3 rings (SSSR count). The first-order valence-electron chi connectivity index (χ1n) is 6.91. The highest BCUT2D eigenvalue weighted by Gasteiger charge is 2.51. The van der Waals surface area contributed by atoms with Crippen molar-refractivity contribution in [3.8, 4) is 0 Å². The van der Waals surface area contributed by atoms with Gasteiger partial charge in [0, 0.05) is 5.41 Å². The van der Waals surface area contributed by atoms with Gasteiger partial charge in [0.05, 0.1) is 0 Å². The van der Waals surface area contributed by atoms with Gasteiger partial charge in [-0.05, 0) is 42.7 Å². The van der Waals surface area contributed by atoms with E-state index in [0.717, 1.165) is 11.9 Å². The third-order valence-electron chi connectivity index (χ3n) is 5.37. The van der Waals surface area contributed by atoms with Crippen molar-refractivity contribution in [2.75, 3.05) is 0 Å². The summed E-state index contributed by atoms with van der Waals surface area (Å²) in [5.41, 5.74) is 3.83. The summed E-state index contributed by atoms with van der Waals surface area (Å²) in [7, 11) is 0. The molecule has 1 heteroatoms. The second-order valence-electron chi connectivity index (χ2n) is 5.91. The van der Waals surface area contributed by atoms with E-state index in [4.69, 9.17) is 0 Å². The highest BCUT2D eigenvalue weighted by molar-refractivity contribution is 5.78. The predicted molar refractivity (Wildman–Crippen MR) is 73.4 cm³/mol. The molecule has 0 aliphatic heterocycles. The molecule has 18 heavy (non-hydrogen) atoms. The number of allylic oxidation sites excluding steroid dienone is 2. The molecule has 1 aromatic carbocycles. The average Bonchev–Trinajstić information content (AvgIpc) is 2.95. The van der Waals surface area contributed by atoms with Gasteiger partial charge in [0.25, 0.3) is 0 Å². The van der Waals surface area contributed by atoms with Crippen LogP contribution >= 0.6 is 0 Å². The first-order valence-corrected chi connectivity index (χ1v) is 6.91. The SMILES string of the molecule is CC1=C(C=O)[C@@H]2CCC[C@@H]2[C@]1(C)c1ccccc1. The molecular formula is C17H20O. The molecule has 0 spiro atoms. The van der Waals surface area contributed by atoms with Gasteiger partial charge in [0.1, 0.15) is 6.29 Å². The van der Waals surface area contributed by atoms with E-state index in [2.05, 4.69) is 44.2 Å². The topological polar surface area (TPSA) is 17.1 Å². The van der Waals surface area contributed by atoms with Gasteiger partial charge < -0.3 is 0 Å². The number of hydrogen-bond donors (Lipinski definition) is 0. The molecule has 0 saturated heterocycles. The summed E-state index contributed by atoms with van der Waals surface area (Å²) < 4.78 is 0. The summed E-state index contributed by atoms with van der Waals surface area (Å²) in [6, 6.07) is 10.7. The molecular weight excluding hydrogens is 220 g/mol. The van der Waals surface area contributed by atoms with Crippen molar-refractivity contribution in [2.45, 2.75) is 38.5 Å². The summed E-state index contributed by atoms with van der Waals surface area (Å²) in [6.45, 7) is 4.49. The minimum Gasteiger partial charge on any atom is -0.298 e. The fourth-order valence-electron chi connectivity index (χ4n) is 4.27. The lowest BCUT2D eigenvalue weighted by Gasteiger charge is -2.34. The zero-order valence-corrected chi connectivity index (χ0v) is 11.1. The first-order chi connectivity index (χ1) is 8.69. The first kappa shape index (κ1) is 11.7. The Kier molecular flexibility index (Phi) is 2.65. The standard InChI is InChI=1S/C17H20O/c1-12-15(11-18)14-9-6-10-16(14)17(12,2)13-7-4-3-5-8-13/h3-5,7-8,11,14,16H,6,9-10H2,1-2H3/t14-,16-,17-/m0/s1. The van der Waals surface area contributed by atoms with E-state index in [-0.39, 0.29) is 5.41 Å². The van der Waals surface area contributed by atoms with Crippen LogP contribution < -0.4 is 0 Å². The number of rotatable bonds is 2. The Morgan fingerprint density at radius 2 is 1.94 bits per heavy atom. The maximum absolute atomic E-state index is 11.4. The summed E-state index contributed by atoms with van der Waals surface area (Å²) in [5, 5.41) is 0. The van der Waals surface area contributed by atoms with Crippen LogP contribution in [0, 0.1) is 11.8 Å². The van der Waals surface area contributed by atoms with Crippen LogP contribution in [0.25, 0.3) is 0 Å².